The van der Waals surface area contributed by atoms with Gasteiger partial charge in [-0.15, -0.1) is 0 Å². The lowest BCUT2D eigenvalue weighted by molar-refractivity contribution is -0.145. The van der Waals surface area contributed by atoms with Crippen LogP contribution < -0.4 is 10.1 Å². The number of benzene rings is 1. The van der Waals surface area contributed by atoms with Crippen LogP contribution in [-0.2, 0) is 25.7 Å². The van der Waals surface area contributed by atoms with Crippen LogP contribution in [0, 0.1) is 5.92 Å². The Balaban J connectivity index is 1.55. The van der Waals surface area contributed by atoms with Crippen LogP contribution in [0.4, 0.5) is 0 Å². The number of aliphatic imine (C=N–C) groups is 1. The molecule has 1 N–H and O–H groups in total. The van der Waals surface area contributed by atoms with Crippen molar-refractivity contribution >= 4 is 29.4 Å². The van der Waals surface area contributed by atoms with Crippen molar-refractivity contribution in [2.45, 2.75) is 13.5 Å². The van der Waals surface area contributed by atoms with E-state index in [0.717, 1.165) is 0 Å². The van der Waals surface area contributed by atoms with Crippen molar-refractivity contribution in [2.24, 2.45) is 10.9 Å². The molecular formula is C21H20N2O6. The zero-order valence-corrected chi connectivity index (χ0v) is 16.0. The number of Topliss-reactive ketones (excluding diaryl/α,β-unsaturated/α-hetero) is 1. The van der Waals surface area contributed by atoms with Crippen molar-refractivity contribution < 1.29 is 28.3 Å². The Bertz CT molecular complexity index is 958. The van der Waals surface area contributed by atoms with Gasteiger partial charge in [0.1, 0.15) is 17.2 Å². The average Bonchev–Trinajstić information content (AvgIpc) is 3.33. The highest BCUT2D eigenvalue weighted by Gasteiger charge is 2.37. The highest BCUT2D eigenvalue weighted by Crippen LogP contribution is 2.24. The van der Waals surface area contributed by atoms with E-state index in [4.69, 9.17) is 9.15 Å². The molecule has 8 heteroatoms. The van der Waals surface area contributed by atoms with Crippen molar-refractivity contribution in [3.63, 3.8) is 0 Å². The maximum atomic E-state index is 12.4. The summed E-state index contributed by atoms with van der Waals surface area (Å²) in [5.41, 5.74) is 1.32. The number of allylic oxidation sites excluding steroid dienone is 1. The zero-order valence-electron chi connectivity index (χ0n) is 16.0. The number of carbonyl (C=O) groups excluding carboxylic acids is 3. The Morgan fingerprint density at radius 3 is 2.66 bits per heavy atom. The molecule has 3 rings (SSSR count). The number of nitrogens with one attached hydrogen (secondary N) is 1. The first-order valence-electron chi connectivity index (χ1n) is 8.89. The Morgan fingerprint density at radius 1 is 1.24 bits per heavy atom. The van der Waals surface area contributed by atoms with Gasteiger partial charge in [-0.1, -0.05) is 12.1 Å². The maximum absolute atomic E-state index is 12.4. The van der Waals surface area contributed by atoms with E-state index < -0.39 is 11.9 Å². The number of furan rings is 1. The van der Waals surface area contributed by atoms with Crippen LogP contribution in [0.2, 0.25) is 0 Å². The molecule has 0 saturated heterocycles. The van der Waals surface area contributed by atoms with Gasteiger partial charge in [0.2, 0.25) is 5.78 Å². The fraction of sp³-hybridized carbons (Fsp3) is 0.238. The first-order chi connectivity index (χ1) is 14.0. The van der Waals surface area contributed by atoms with E-state index in [2.05, 4.69) is 15.0 Å². The van der Waals surface area contributed by atoms with Crippen molar-refractivity contribution in [1.82, 2.24) is 5.32 Å². The number of rotatable bonds is 7. The third kappa shape index (κ3) is 4.98. The minimum atomic E-state index is -0.978. The fourth-order valence-electron chi connectivity index (χ4n) is 2.76. The number of esters is 1. The van der Waals surface area contributed by atoms with Gasteiger partial charge in [0, 0.05) is 5.71 Å². The summed E-state index contributed by atoms with van der Waals surface area (Å²) in [6.45, 7) is 1.78. The summed E-state index contributed by atoms with van der Waals surface area (Å²) in [5, 5.41) is 2.68. The molecule has 150 valence electrons. The standard InChI is InChI=1S/C21H20N2O6/c1-13-19(21(26)27-2)20(25)17(23-13)10-14-5-7-15(8-6-14)29-12-18(24)22-11-16-4-3-9-28-16/h3-10,19H,11-12H2,1-2H3,(H,22,24)/b17-10-. The normalized spacial score (nSPS) is 17.2. The van der Waals surface area contributed by atoms with Crippen molar-refractivity contribution in [3.05, 3.63) is 59.7 Å². The Morgan fingerprint density at radius 2 is 2.00 bits per heavy atom. The summed E-state index contributed by atoms with van der Waals surface area (Å²) in [4.78, 5) is 40.0. The monoisotopic (exact) mass is 396 g/mol. The van der Waals surface area contributed by atoms with Gasteiger partial charge in [0.25, 0.3) is 5.91 Å². The molecular weight excluding hydrogens is 376 g/mol. The number of methoxy groups -OCH3 is 1. The lowest BCUT2D eigenvalue weighted by Gasteiger charge is -2.07. The topological polar surface area (TPSA) is 107 Å². The molecule has 0 aliphatic carbocycles. The molecule has 1 aromatic carbocycles. The molecule has 0 radical (unpaired) electrons. The van der Waals surface area contributed by atoms with E-state index in [-0.39, 0.29) is 24.0 Å². The summed E-state index contributed by atoms with van der Waals surface area (Å²) in [6.07, 6.45) is 3.13. The summed E-state index contributed by atoms with van der Waals surface area (Å²) in [5.74, 6) is -1.09. The van der Waals surface area contributed by atoms with Crippen LogP contribution in [0.3, 0.4) is 0 Å². The average molecular weight is 396 g/mol. The van der Waals surface area contributed by atoms with E-state index in [1.54, 1.807) is 49.4 Å². The largest absolute Gasteiger partial charge is 0.484 e. The summed E-state index contributed by atoms with van der Waals surface area (Å²) < 4.78 is 15.2. The molecule has 0 fully saturated rings. The van der Waals surface area contributed by atoms with E-state index in [1.807, 2.05) is 0 Å². The molecule has 2 heterocycles. The van der Waals surface area contributed by atoms with Crippen LogP contribution >= 0.6 is 0 Å². The van der Waals surface area contributed by atoms with Gasteiger partial charge in [-0.3, -0.25) is 19.4 Å². The minimum absolute atomic E-state index is 0.135. The Labute approximate surface area is 167 Å². The molecule has 1 aromatic heterocycles. The molecule has 29 heavy (non-hydrogen) atoms. The minimum Gasteiger partial charge on any atom is -0.484 e. The highest BCUT2D eigenvalue weighted by molar-refractivity contribution is 6.28. The number of nitrogens with zero attached hydrogens (tertiary/aromatic N) is 1. The second-order valence-electron chi connectivity index (χ2n) is 6.32. The second-order valence-corrected chi connectivity index (χ2v) is 6.32. The van der Waals surface area contributed by atoms with Crippen LogP contribution in [0.1, 0.15) is 18.2 Å². The van der Waals surface area contributed by atoms with Crippen LogP contribution in [0.25, 0.3) is 6.08 Å². The lowest BCUT2D eigenvalue weighted by Crippen LogP contribution is -2.28. The summed E-state index contributed by atoms with van der Waals surface area (Å²) in [6, 6.07) is 10.3. The maximum Gasteiger partial charge on any atom is 0.322 e. The predicted octanol–water partition coefficient (Wildman–Crippen LogP) is 2.15. The smallest absolute Gasteiger partial charge is 0.322 e. The van der Waals surface area contributed by atoms with E-state index in [0.29, 0.717) is 29.3 Å². The summed E-state index contributed by atoms with van der Waals surface area (Å²) >= 11 is 0. The molecule has 0 bridgehead atoms. The molecule has 1 aliphatic heterocycles. The molecule has 1 atom stereocenters. The lowest BCUT2D eigenvalue weighted by atomic mass is 10.0. The third-order valence-electron chi connectivity index (χ3n) is 4.26. The Hall–Kier alpha value is -3.68. The number of carbonyl (C=O) groups is 3. The molecule has 2 aromatic rings. The Kier molecular flexibility index (Phi) is 6.23. The van der Waals surface area contributed by atoms with Gasteiger partial charge in [-0.2, -0.15) is 0 Å². The van der Waals surface area contributed by atoms with Crippen molar-refractivity contribution in [1.29, 1.82) is 0 Å². The van der Waals surface area contributed by atoms with E-state index >= 15 is 0 Å². The quantitative estimate of drug-likeness (QED) is 0.437. The molecule has 0 saturated carbocycles. The first-order valence-corrected chi connectivity index (χ1v) is 8.89. The van der Waals surface area contributed by atoms with Gasteiger partial charge in [-0.05, 0) is 42.8 Å². The van der Waals surface area contributed by atoms with Gasteiger partial charge in [0.05, 0.1) is 19.9 Å². The zero-order chi connectivity index (χ0) is 20.8. The van der Waals surface area contributed by atoms with Gasteiger partial charge in [0.15, 0.2) is 12.5 Å². The number of ketones is 1. The third-order valence-corrected chi connectivity index (χ3v) is 4.26. The van der Waals surface area contributed by atoms with E-state index in [1.165, 1.54) is 13.4 Å². The first kappa shape index (κ1) is 20.1. The molecule has 8 nitrogen and oxygen atoms in total. The van der Waals surface area contributed by atoms with Gasteiger partial charge < -0.3 is 19.2 Å². The number of amides is 1. The van der Waals surface area contributed by atoms with Crippen molar-refractivity contribution in [3.8, 4) is 5.75 Å². The van der Waals surface area contributed by atoms with Crippen LogP contribution in [0.5, 0.6) is 5.75 Å². The molecule has 0 spiro atoms. The van der Waals surface area contributed by atoms with E-state index in [9.17, 15) is 14.4 Å². The van der Waals surface area contributed by atoms with Gasteiger partial charge in [-0.25, -0.2) is 0 Å². The molecule has 1 amide bonds. The molecule has 1 aliphatic rings. The van der Waals surface area contributed by atoms with Gasteiger partial charge >= 0.3 is 5.97 Å². The molecule has 1 unspecified atom stereocenters. The summed E-state index contributed by atoms with van der Waals surface area (Å²) in [7, 11) is 1.24. The van der Waals surface area contributed by atoms with Crippen LogP contribution in [-0.4, -0.2) is 37.1 Å². The number of hydrogen-bond donors (Lipinski definition) is 1. The SMILES string of the molecule is COC(=O)C1C(=O)/C(=C/c2ccc(OCC(=O)NCc3ccco3)cc2)N=C1C. The number of ether oxygens (including phenoxy) is 2. The second kappa shape index (κ2) is 9.01. The highest BCUT2D eigenvalue weighted by atomic mass is 16.5. The van der Waals surface area contributed by atoms with Crippen molar-refractivity contribution in [2.75, 3.05) is 13.7 Å². The number of hydrogen-bond acceptors (Lipinski definition) is 7. The fourth-order valence-corrected chi connectivity index (χ4v) is 2.76. The van der Waals surface area contributed by atoms with Crippen LogP contribution in [0.15, 0.2) is 57.8 Å². The predicted molar refractivity (Wildman–Crippen MR) is 104 cm³/mol.